The molecule has 5 heteroatoms. The van der Waals surface area contributed by atoms with Crippen molar-refractivity contribution < 1.29 is 4.39 Å². The Labute approximate surface area is 110 Å². The fraction of sp³-hybridized carbons (Fsp3) is 0.308. The maximum absolute atomic E-state index is 13.2. The summed E-state index contributed by atoms with van der Waals surface area (Å²) >= 11 is 1.61. The van der Waals surface area contributed by atoms with E-state index in [2.05, 4.69) is 5.10 Å². The van der Waals surface area contributed by atoms with Crippen molar-refractivity contribution in [1.29, 1.82) is 0 Å². The van der Waals surface area contributed by atoms with Crippen molar-refractivity contribution in [3.63, 3.8) is 0 Å². The molecule has 1 aromatic heterocycles. The van der Waals surface area contributed by atoms with Gasteiger partial charge in [0.2, 0.25) is 0 Å². The van der Waals surface area contributed by atoms with Gasteiger partial charge < -0.3 is 5.73 Å². The van der Waals surface area contributed by atoms with Gasteiger partial charge in [-0.3, -0.25) is 4.68 Å². The Morgan fingerprint density at radius 3 is 2.78 bits per heavy atom. The van der Waals surface area contributed by atoms with Crippen LogP contribution in [0.3, 0.4) is 0 Å². The van der Waals surface area contributed by atoms with Gasteiger partial charge in [0.05, 0.1) is 10.7 Å². The third-order valence-electron chi connectivity index (χ3n) is 2.66. The van der Waals surface area contributed by atoms with Crippen LogP contribution in [-0.4, -0.2) is 16.3 Å². The molecule has 0 aliphatic rings. The second kappa shape index (κ2) is 5.54. The van der Waals surface area contributed by atoms with Crippen LogP contribution in [0.25, 0.3) is 0 Å². The van der Waals surface area contributed by atoms with E-state index in [0.29, 0.717) is 6.54 Å². The predicted octanol–water partition coefficient (Wildman–Crippen LogP) is 2.66. The Morgan fingerprint density at radius 1 is 1.44 bits per heavy atom. The molecule has 18 heavy (non-hydrogen) atoms. The van der Waals surface area contributed by atoms with E-state index in [-0.39, 0.29) is 11.1 Å². The average molecular weight is 265 g/mol. The van der Waals surface area contributed by atoms with Crippen LogP contribution in [-0.2, 0) is 7.05 Å². The number of halogens is 1. The largest absolute Gasteiger partial charge is 0.329 e. The number of nitrogens with zero attached hydrogens (tertiary/aromatic N) is 2. The number of benzene rings is 1. The van der Waals surface area contributed by atoms with Crippen molar-refractivity contribution in [2.24, 2.45) is 12.8 Å². The van der Waals surface area contributed by atoms with Gasteiger partial charge in [-0.25, -0.2) is 4.39 Å². The molecule has 2 aromatic rings. The smallest absolute Gasteiger partial charge is 0.123 e. The summed E-state index contributed by atoms with van der Waals surface area (Å²) < 4.78 is 15.0. The minimum Gasteiger partial charge on any atom is -0.329 e. The number of thioether (sulfide) groups is 1. The van der Waals surface area contributed by atoms with Crippen molar-refractivity contribution in [3.8, 4) is 0 Å². The van der Waals surface area contributed by atoms with Crippen LogP contribution < -0.4 is 5.73 Å². The first-order valence-corrected chi connectivity index (χ1v) is 6.61. The van der Waals surface area contributed by atoms with Gasteiger partial charge in [-0.15, -0.1) is 0 Å². The second-order valence-corrected chi connectivity index (χ2v) is 5.37. The first kappa shape index (κ1) is 13.1. The Hall–Kier alpha value is -1.33. The van der Waals surface area contributed by atoms with E-state index >= 15 is 0 Å². The number of hydrogen-bond donors (Lipinski definition) is 1. The Bertz CT molecular complexity index is 539. The fourth-order valence-electron chi connectivity index (χ4n) is 1.80. The normalized spacial score (nSPS) is 12.7. The number of rotatable bonds is 4. The molecular weight excluding hydrogens is 249 g/mol. The first-order valence-electron chi connectivity index (χ1n) is 5.73. The number of hydrogen-bond acceptors (Lipinski definition) is 3. The minimum atomic E-state index is -0.229. The van der Waals surface area contributed by atoms with Crippen molar-refractivity contribution in [2.45, 2.75) is 17.2 Å². The van der Waals surface area contributed by atoms with Crippen LogP contribution in [0.15, 0.2) is 35.4 Å². The van der Waals surface area contributed by atoms with E-state index < -0.39 is 0 Å². The molecule has 0 radical (unpaired) electrons. The van der Waals surface area contributed by atoms with E-state index in [1.54, 1.807) is 17.8 Å². The SMILES string of the molecule is Cc1cc(SC(CN)c2cccc(F)c2)n(C)n1. The average Bonchev–Trinajstić information content (AvgIpc) is 2.64. The lowest BCUT2D eigenvalue weighted by molar-refractivity contribution is 0.625. The topological polar surface area (TPSA) is 43.8 Å². The highest BCUT2D eigenvalue weighted by Gasteiger charge is 2.14. The molecule has 1 unspecified atom stereocenters. The minimum absolute atomic E-state index is 0.0375. The van der Waals surface area contributed by atoms with Crippen molar-refractivity contribution >= 4 is 11.8 Å². The molecule has 1 heterocycles. The molecule has 0 aliphatic heterocycles. The zero-order chi connectivity index (χ0) is 13.1. The summed E-state index contributed by atoms with van der Waals surface area (Å²) in [5.74, 6) is -0.229. The zero-order valence-corrected chi connectivity index (χ0v) is 11.2. The Kier molecular flexibility index (Phi) is 4.04. The maximum Gasteiger partial charge on any atom is 0.123 e. The van der Waals surface area contributed by atoms with Crippen LogP contribution in [0.1, 0.15) is 16.5 Å². The molecular formula is C13H16FN3S. The van der Waals surface area contributed by atoms with E-state index in [0.717, 1.165) is 16.3 Å². The highest BCUT2D eigenvalue weighted by molar-refractivity contribution is 7.99. The van der Waals surface area contributed by atoms with E-state index in [1.165, 1.54) is 12.1 Å². The molecule has 0 fully saturated rings. The molecule has 0 spiro atoms. The molecule has 0 saturated carbocycles. The number of aryl methyl sites for hydroxylation is 2. The summed E-state index contributed by atoms with van der Waals surface area (Å²) in [5.41, 5.74) is 7.66. The molecule has 96 valence electrons. The fourth-order valence-corrected chi connectivity index (χ4v) is 2.90. The lowest BCUT2D eigenvalue weighted by atomic mass is 10.1. The van der Waals surface area contributed by atoms with E-state index in [4.69, 9.17) is 5.73 Å². The molecule has 2 N–H and O–H groups in total. The van der Waals surface area contributed by atoms with Crippen LogP contribution in [0, 0.1) is 12.7 Å². The molecule has 2 rings (SSSR count). The summed E-state index contributed by atoms with van der Waals surface area (Å²) in [7, 11) is 1.90. The lowest BCUT2D eigenvalue weighted by Gasteiger charge is -2.14. The van der Waals surface area contributed by atoms with Crippen LogP contribution >= 0.6 is 11.8 Å². The highest BCUT2D eigenvalue weighted by Crippen LogP contribution is 2.34. The summed E-state index contributed by atoms with van der Waals surface area (Å²) in [6.45, 7) is 2.40. The maximum atomic E-state index is 13.2. The quantitative estimate of drug-likeness (QED) is 0.864. The van der Waals surface area contributed by atoms with Crippen LogP contribution in [0.5, 0.6) is 0 Å². The number of aromatic nitrogens is 2. The molecule has 0 saturated heterocycles. The summed E-state index contributed by atoms with van der Waals surface area (Å²) in [6.07, 6.45) is 0. The van der Waals surface area contributed by atoms with Gasteiger partial charge in [0.25, 0.3) is 0 Å². The molecule has 1 aromatic carbocycles. The van der Waals surface area contributed by atoms with Gasteiger partial charge in [0, 0.05) is 18.8 Å². The Balaban J connectivity index is 2.22. The van der Waals surface area contributed by atoms with Gasteiger partial charge in [0.15, 0.2) is 0 Å². The zero-order valence-electron chi connectivity index (χ0n) is 10.4. The predicted molar refractivity (Wildman–Crippen MR) is 72.0 cm³/mol. The van der Waals surface area contributed by atoms with Gasteiger partial charge in [0.1, 0.15) is 5.82 Å². The van der Waals surface area contributed by atoms with Crippen molar-refractivity contribution in [2.75, 3.05) is 6.54 Å². The first-order chi connectivity index (χ1) is 8.60. The highest BCUT2D eigenvalue weighted by atomic mass is 32.2. The second-order valence-electron chi connectivity index (χ2n) is 4.14. The summed E-state index contributed by atoms with van der Waals surface area (Å²) in [6, 6.07) is 8.59. The van der Waals surface area contributed by atoms with Crippen LogP contribution in [0.2, 0.25) is 0 Å². The van der Waals surface area contributed by atoms with Gasteiger partial charge >= 0.3 is 0 Å². The van der Waals surface area contributed by atoms with Crippen molar-refractivity contribution in [1.82, 2.24) is 9.78 Å². The molecule has 1 atom stereocenters. The summed E-state index contributed by atoms with van der Waals surface area (Å²) in [4.78, 5) is 0. The van der Waals surface area contributed by atoms with Gasteiger partial charge in [-0.2, -0.15) is 5.10 Å². The third-order valence-corrected chi connectivity index (χ3v) is 4.03. The molecule has 3 nitrogen and oxygen atoms in total. The van der Waals surface area contributed by atoms with E-state index in [1.807, 2.05) is 30.8 Å². The number of nitrogens with two attached hydrogens (primary N) is 1. The third kappa shape index (κ3) is 2.91. The molecule has 0 aliphatic carbocycles. The van der Waals surface area contributed by atoms with Gasteiger partial charge in [-0.1, -0.05) is 23.9 Å². The van der Waals surface area contributed by atoms with E-state index in [9.17, 15) is 4.39 Å². The van der Waals surface area contributed by atoms with Gasteiger partial charge in [-0.05, 0) is 30.7 Å². The standard InChI is InChI=1S/C13H16FN3S/c1-9-6-13(17(2)16-9)18-12(8-15)10-4-3-5-11(14)7-10/h3-7,12H,8,15H2,1-2H3. The molecule has 0 bridgehead atoms. The monoisotopic (exact) mass is 265 g/mol. The Morgan fingerprint density at radius 2 is 2.22 bits per heavy atom. The summed E-state index contributed by atoms with van der Waals surface area (Å²) in [5, 5.41) is 5.36. The van der Waals surface area contributed by atoms with Crippen LogP contribution in [0.4, 0.5) is 4.39 Å². The van der Waals surface area contributed by atoms with Crippen molar-refractivity contribution in [3.05, 3.63) is 47.4 Å². The lowest BCUT2D eigenvalue weighted by Crippen LogP contribution is -2.10. The molecule has 0 amide bonds.